The molecule has 17 heavy (non-hydrogen) atoms. The second-order valence-corrected chi connectivity index (χ2v) is 1.18. The molecule has 104 valence electrons. The van der Waals surface area contributed by atoms with Crippen molar-refractivity contribution in [3.63, 3.8) is 0 Å². The Morgan fingerprint density at radius 3 is 1.06 bits per heavy atom. The third-order valence-corrected chi connectivity index (χ3v) is 0.455. The van der Waals surface area contributed by atoms with Crippen LogP contribution in [-0.2, 0) is 74.9 Å². The molecule has 0 saturated heterocycles. The number of hydrogen-bond acceptors (Lipinski definition) is 17. The summed E-state index contributed by atoms with van der Waals surface area (Å²) in [4.78, 5) is 0. The van der Waals surface area contributed by atoms with Crippen molar-refractivity contribution in [2.45, 2.75) is 0 Å². The zero-order valence-electron chi connectivity index (χ0n) is 7.02. The summed E-state index contributed by atoms with van der Waals surface area (Å²) in [6.45, 7) is 0. The van der Waals surface area contributed by atoms with Gasteiger partial charge in [-0.1, -0.05) is 0 Å². The zero-order chi connectivity index (χ0) is 12.6. The first kappa shape index (κ1) is 16.7. The summed E-state index contributed by atoms with van der Waals surface area (Å²) < 4.78 is 3.56. The number of rotatable bonds is 14. The minimum absolute atomic E-state index is 2.88. The van der Waals surface area contributed by atoms with Crippen molar-refractivity contribution in [1.29, 1.82) is 0 Å². The molecule has 1 N–H and O–H groups in total. The highest BCUT2D eigenvalue weighted by molar-refractivity contribution is 7.74. The molecule has 0 rings (SSSR count). The largest absolute Gasteiger partial charge is 0.219 e. The molecule has 0 aromatic rings. The zero-order valence-corrected chi connectivity index (χ0v) is 7.91. The molecule has 0 saturated carbocycles. The maximum absolute atomic E-state index is 7.47. The maximum Gasteiger partial charge on any atom is 0.0182 e. The topological polar surface area (TPSA) is 159 Å². The van der Waals surface area contributed by atoms with Crippen LogP contribution in [0.5, 0.6) is 0 Å². The standard InChI is InChI=1S/H2O16S/c1-2-3-4-5-6-7-8-9-10-11-12-13-14-15-16-17/h1,17H. The normalized spacial score (nSPS) is 10.9. The van der Waals surface area contributed by atoms with Crippen LogP contribution < -0.4 is 0 Å². The Morgan fingerprint density at radius 1 is 0.471 bits per heavy atom. The van der Waals surface area contributed by atoms with Gasteiger partial charge in [0.1, 0.15) is 0 Å². The van der Waals surface area contributed by atoms with Crippen LogP contribution in [0.15, 0.2) is 0 Å². The lowest BCUT2D eigenvalue weighted by Gasteiger charge is -1.97. The molecule has 0 atom stereocenters. The molecule has 0 aromatic heterocycles. The van der Waals surface area contributed by atoms with Gasteiger partial charge in [0, 0.05) is 12.9 Å². The molecule has 0 aliphatic heterocycles. The predicted octanol–water partition coefficient (Wildman–Crippen LogP) is -0.637. The fourth-order valence-corrected chi connectivity index (χ4v) is 0.174. The third-order valence-electron chi connectivity index (χ3n) is 0.394. The molecule has 0 bridgehead atoms. The lowest BCUT2D eigenvalue weighted by Crippen LogP contribution is -2.04. The van der Waals surface area contributed by atoms with E-state index in [0.29, 0.717) is 0 Å². The van der Waals surface area contributed by atoms with Gasteiger partial charge in [0.05, 0.1) is 0 Å². The van der Waals surface area contributed by atoms with Crippen molar-refractivity contribution >= 4 is 12.9 Å². The van der Waals surface area contributed by atoms with E-state index in [2.05, 4.69) is 87.8 Å². The van der Waals surface area contributed by atoms with Crippen LogP contribution in [0, 0.1) is 0 Å². The van der Waals surface area contributed by atoms with E-state index in [9.17, 15) is 0 Å². The highest BCUT2D eigenvalue weighted by atomic mass is 32.1. The van der Waals surface area contributed by atoms with Crippen LogP contribution in [0.2, 0.25) is 0 Å². The molecule has 17 heteroatoms. The van der Waals surface area contributed by atoms with E-state index in [1.165, 1.54) is 0 Å². The van der Waals surface area contributed by atoms with Crippen LogP contribution in [0.1, 0.15) is 0 Å². The fraction of sp³-hybridized carbons (Fsp3) is 0. The average molecular weight is 290 g/mol. The van der Waals surface area contributed by atoms with Crippen molar-refractivity contribution in [2.24, 2.45) is 0 Å². The van der Waals surface area contributed by atoms with E-state index in [1.54, 1.807) is 0 Å². The van der Waals surface area contributed by atoms with Crippen molar-refractivity contribution in [3.8, 4) is 0 Å². The highest BCUT2D eigenvalue weighted by Crippen LogP contribution is 1.92. The Balaban J connectivity index is 2.85. The van der Waals surface area contributed by atoms with Crippen molar-refractivity contribution in [3.05, 3.63) is 0 Å². The Kier molecular flexibility index (Phi) is 15.4. The Bertz CT molecular complexity index is 109. The van der Waals surface area contributed by atoms with Gasteiger partial charge in [0.25, 0.3) is 0 Å². The summed E-state index contributed by atoms with van der Waals surface area (Å²) in [5.74, 6) is 0. The number of thiol groups is 1. The van der Waals surface area contributed by atoms with Crippen molar-refractivity contribution in [2.75, 3.05) is 0 Å². The van der Waals surface area contributed by atoms with Gasteiger partial charge in [-0.3, -0.25) is 0 Å². The molecule has 0 fully saturated rings. The fourth-order valence-electron chi connectivity index (χ4n) is 0.150. The molecule has 0 heterocycles. The monoisotopic (exact) mass is 290 g/mol. The molecule has 0 radical (unpaired) electrons. The van der Waals surface area contributed by atoms with Gasteiger partial charge in [0.15, 0.2) is 0 Å². The summed E-state index contributed by atoms with van der Waals surface area (Å²) in [6, 6.07) is 0. The maximum atomic E-state index is 7.47. The SMILES string of the molecule is OOOOOOOOOOOOOOOOS. The van der Waals surface area contributed by atoms with Gasteiger partial charge in [-0.15, -0.1) is 4.33 Å². The van der Waals surface area contributed by atoms with E-state index >= 15 is 0 Å². The van der Waals surface area contributed by atoms with E-state index in [4.69, 9.17) is 5.26 Å². The smallest absolute Gasteiger partial charge is 0.0182 e. The summed E-state index contributed by atoms with van der Waals surface area (Å²) in [5.41, 5.74) is 0. The van der Waals surface area contributed by atoms with Crippen LogP contribution in [-0.4, -0.2) is 5.26 Å². The van der Waals surface area contributed by atoms with E-state index in [-0.39, 0.29) is 0 Å². The van der Waals surface area contributed by atoms with Gasteiger partial charge < -0.3 is 0 Å². The second kappa shape index (κ2) is 15.7. The van der Waals surface area contributed by atoms with E-state index in [0.717, 1.165) is 0 Å². The third kappa shape index (κ3) is 15.7. The van der Waals surface area contributed by atoms with E-state index in [1.807, 2.05) is 0 Å². The van der Waals surface area contributed by atoms with Gasteiger partial charge in [-0.05, 0) is 70.5 Å². The first-order valence-corrected chi connectivity index (χ1v) is 3.06. The molecular formula is H2O16S. The van der Waals surface area contributed by atoms with Gasteiger partial charge in [-0.2, -0.15) is 0 Å². The molecule has 0 aromatic carbocycles. The summed E-state index contributed by atoms with van der Waals surface area (Å²) in [7, 11) is 0. The summed E-state index contributed by atoms with van der Waals surface area (Å²) in [5, 5.41) is 55.1. The minimum atomic E-state index is 2.88. The van der Waals surface area contributed by atoms with Gasteiger partial charge in [-0.25, -0.2) is 5.26 Å². The first-order valence-electron chi connectivity index (χ1n) is 2.70. The van der Waals surface area contributed by atoms with Crippen LogP contribution in [0.4, 0.5) is 0 Å². The summed E-state index contributed by atoms with van der Waals surface area (Å²) >= 11 is 3.05. The van der Waals surface area contributed by atoms with Crippen molar-refractivity contribution < 1.29 is 80.1 Å². The first-order chi connectivity index (χ1) is 8.41. The Morgan fingerprint density at radius 2 is 0.765 bits per heavy atom. The lowest BCUT2D eigenvalue weighted by molar-refractivity contribution is -0.882. The second-order valence-electron chi connectivity index (χ2n) is 1.03. The predicted molar refractivity (Wildman–Crippen MR) is 27.9 cm³/mol. The van der Waals surface area contributed by atoms with Crippen LogP contribution >= 0.6 is 12.9 Å². The van der Waals surface area contributed by atoms with Gasteiger partial charge >= 0.3 is 0 Å². The van der Waals surface area contributed by atoms with Crippen LogP contribution in [0.25, 0.3) is 0 Å². The quantitative estimate of drug-likeness (QED) is 0.136. The average Bonchev–Trinajstić information content (AvgIpc) is 2.35. The number of hydrogen-bond donors (Lipinski definition) is 2. The molecule has 16 nitrogen and oxygen atoms in total. The Labute approximate surface area is 94.2 Å². The molecule has 0 aliphatic rings. The van der Waals surface area contributed by atoms with Crippen molar-refractivity contribution in [1.82, 2.24) is 0 Å². The van der Waals surface area contributed by atoms with Gasteiger partial charge in [0.2, 0.25) is 0 Å². The van der Waals surface area contributed by atoms with E-state index < -0.39 is 0 Å². The highest BCUT2D eigenvalue weighted by Gasteiger charge is 1.98. The lowest BCUT2D eigenvalue weighted by atomic mass is 14.0. The molecule has 0 aliphatic carbocycles. The minimum Gasteiger partial charge on any atom is -0.219 e. The molecule has 0 spiro atoms. The summed E-state index contributed by atoms with van der Waals surface area (Å²) in [6.07, 6.45) is 0. The van der Waals surface area contributed by atoms with Crippen LogP contribution in [0.3, 0.4) is 0 Å². The molecule has 0 amide bonds. The molecule has 0 unspecified atom stereocenters. The molecular weight excluding hydrogens is 288 g/mol. The Hall–Kier alpha value is -0.290.